The lowest BCUT2D eigenvalue weighted by Gasteiger charge is -2.30. The number of hydrogen-bond donors (Lipinski definition) is 4. The summed E-state index contributed by atoms with van der Waals surface area (Å²) in [5.41, 5.74) is 6.11. The van der Waals surface area contributed by atoms with Crippen LogP contribution < -0.4 is 16.4 Å². The highest BCUT2D eigenvalue weighted by atomic mass is 32.2. The highest BCUT2D eigenvalue weighted by Gasteiger charge is 2.38. The lowest BCUT2D eigenvalue weighted by Crippen LogP contribution is -2.57. The summed E-state index contributed by atoms with van der Waals surface area (Å²) in [7, 11) is 0. The second-order valence-corrected chi connectivity index (χ2v) is 9.96. The van der Waals surface area contributed by atoms with Crippen LogP contribution in [-0.4, -0.2) is 76.4 Å². The summed E-state index contributed by atoms with van der Waals surface area (Å²) in [6, 6.07) is -3.23. The van der Waals surface area contributed by atoms with Gasteiger partial charge in [0.05, 0.1) is 6.04 Å². The fourth-order valence-corrected chi connectivity index (χ4v) is 4.20. The van der Waals surface area contributed by atoms with Gasteiger partial charge in [-0.3, -0.25) is 14.4 Å². The third-order valence-corrected chi connectivity index (χ3v) is 6.59. The number of nitrogens with zero attached hydrogens (tertiary/aromatic N) is 1. The Kier molecular flexibility index (Phi) is 12.1. The number of nitrogens with one attached hydrogen (secondary N) is 2. The minimum absolute atomic E-state index is 0.000476. The molecule has 0 aromatic carbocycles. The van der Waals surface area contributed by atoms with Crippen LogP contribution in [0.1, 0.15) is 59.8 Å². The number of rotatable bonds is 13. The van der Waals surface area contributed by atoms with E-state index in [-0.39, 0.29) is 17.7 Å². The Hall–Kier alpha value is -1.81. The molecule has 9 nitrogen and oxygen atoms in total. The van der Waals surface area contributed by atoms with E-state index in [9.17, 15) is 24.3 Å². The minimum Gasteiger partial charge on any atom is -0.480 e. The number of nitrogens with two attached hydrogens (primary N) is 1. The summed E-state index contributed by atoms with van der Waals surface area (Å²) >= 11 is 1.50. The zero-order valence-electron chi connectivity index (χ0n) is 19.9. The van der Waals surface area contributed by atoms with Gasteiger partial charge in [-0.2, -0.15) is 11.8 Å². The van der Waals surface area contributed by atoms with Crippen molar-refractivity contribution in [2.45, 2.75) is 84.0 Å². The maximum Gasteiger partial charge on any atom is 0.326 e. The smallest absolute Gasteiger partial charge is 0.326 e. The normalized spacial score (nSPS) is 19.8. The maximum absolute atomic E-state index is 13.1. The van der Waals surface area contributed by atoms with Gasteiger partial charge in [0, 0.05) is 6.54 Å². The van der Waals surface area contributed by atoms with Gasteiger partial charge in [0.15, 0.2) is 0 Å². The van der Waals surface area contributed by atoms with Gasteiger partial charge in [0.1, 0.15) is 18.1 Å². The van der Waals surface area contributed by atoms with Gasteiger partial charge in [0.25, 0.3) is 0 Å². The van der Waals surface area contributed by atoms with Crippen LogP contribution in [0.25, 0.3) is 0 Å². The number of amides is 3. The highest BCUT2D eigenvalue weighted by Crippen LogP contribution is 2.21. The summed E-state index contributed by atoms with van der Waals surface area (Å²) < 4.78 is 0. The van der Waals surface area contributed by atoms with Crippen molar-refractivity contribution in [1.29, 1.82) is 0 Å². The minimum atomic E-state index is -1.10. The molecule has 3 amide bonds. The summed E-state index contributed by atoms with van der Waals surface area (Å²) in [6.07, 6.45) is 4.47. The number of hydrogen-bond acceptors (Lipinski definition) is 6. The molecule has 32 heavy (non-hydrogen) atoms. The Bertz CT molecular complexity index is 660. The van der Waals surface area contributed by atoms with E-state index in [0.29, 0.717) is 38.0 Å². The van der Waals surface area contributed by atoms with Crippen LogP contribution in [0.5, 0.6) is 0 Å². The molecular formula is C22H40N4O5S. The average molecular weight is 473 g/mol. The van der Waals surface area contributed by atoms with E-state index < -0.39 is 42.0 Å². The number of thioether (sulfide) groups is 1. The van der Waals surface area contributed by atoms with E-state index in [1.54, 1.807) is 0 Å². The van der Waals surface area contributed by atoms with E-state index in [1.165, 1.54) is 16.7 Å². The van der Waals surface area contributed by atoms with Crippen LogP contribution in [0.3, 0.4) is 0 Å². The fraction of sp³-hybridized carbons (Fsp3) is 0.818. The number of aliphatic carboxylic acids is 1. The molecule has 1 saturated heterocycles. The van der Waals surface area contributed by atoms with Gasteiger partial charge in [0.2, 0.25) is 17.7 Å². The predicted molar refractivity (Wildman–Crippen MR) is 126 cm³/mol. The molecule has 0 radical (unpaired) electrons. The summed E-state index contributed by atoms with van der Waals surface area (Å²) in [6.45, 7) is 8.17. The highest BCUT2D eigenvalue weighted by molar-refractivity contribution is 7.98. The molecule has 5 atom stereocenters. The van der Waals surface area contributed by atoms with Crippen molar-refractivity contribution in [1.82, 2.24) is 15.5 Å². The Morgan fingerprint density at radius 1 is 1.16 bits per heavy atom. The molecule has 0 aliphatic carbocycles. The van der Waals surface area contributed by atoms with Gasteiger partial charge in [-0.25, -0.2) is 4.79 Å². The molecule has 5 unspecified atom stereocenters. The Balaban J connectivity index is 2.91. The Morgan fingerprint density at radius 2 is 1.81 bits per heavy atom. The molecular weight excluding hydrogens is 432 g/mol. The number of carboxylic acid groups (broad SMARTS) is 1. The first-order valence-electron chi connectivity index (χ1n) is 11.4. The molecule has 0 aromatic rings. The number of carbonyl (C=O) groups excluding carboxylic acids is 3. The van der Waals surface area contributed by atoms with Crippen LogP contribution in [-0.2, 0) is 19.2 Å². The second kappa shape index (κ2) is 13.7. The fourth-order valence-electron chi connectivity index (χ4n) is 3.73. The zero-order chi connectivity index (χ0) is 24.4. The molecule has 10 heteroatoms. The Labute approximate surface area is 195 Å². The number of likely N-dealkylation sites (tertiary alicyclic amines) is 1. The number of carboxylic acids is 1. The maximum atomic E-state index is 13.1. The quantitative estimate of drug-likeness (QED) is 0.315. The van der Waals surface area contributed by atoms with Gasteiger partial charge in [-0.15, -0.1) is 0 Å². The standard InChI is InChI=1S/C22H40N4O5S/c1-6-14(4)18(23)21(29)26-10-7-8-17(26)20(28)25-16(12-13(2)3)19(27)24-15(22(30)31)9-11-32-5/h13-18H,6-12,23H2,1-5H3,(H,24,27)(H,25,28)(H,30,31). The van der Waals surface area contributed by atoms with Gasteiger partial charge in [-0.1, -0.05) is 34.1 Å². The third-order valence-electron chi connectivity index (χ3n) is 5.95. The lowest BCUT2D eigenvalue weighted by atomic mass is 9.98. The van der Waals surface area contributed by atoms with E-state index >= 15 is 0 Å². The van der Waals surface area contributed by atoms with Gasteiger partial charge < -0.3 is 26.4 Å². The molecule has 184 valence electrons. The SMILES string of the molecule is CCC(C)C(N)C(=O)N1CCCC1C(=O)NC(CC(C)C)C(=O)NC(CCSC)C(=O)O. The first kappa shape index (κ1) is 28.2. The molecule has 1 aliphatic heterocycles. The first-order valence-corrected chi connectivity index (χ1v) is 12.8. The Morgan fingerprint density at radius 3 is 2.34 bits per heavy atom. The monoisotopic (exact) mass is 472 g/mol. The largest absolute Gasteiger partial charge is 0.480 e. The molecule has 0 spiro atoms. The van der Waals surface area contributed by atoms with Crippen molar-refractivity contribution < 1.29 is 24.3 Å². The van der Waals surface area contributed by atoms with Crippen LogP contribution >= 0.6 is 11.8 Å². The summed E-state index contributed by atoms with van der Waals surface area (Å²) in [5.74, 6) is -1.58. The molecule has 1 fully saturated rings. The van der Waals surface area contributed by atoms with Crippen molar-refractivity contribution in [3.05, 3.63) is 0 Å². The van der Waals surface area contributed by atoms with E-state index in [1.807, 2.05) is 34.0 Å². The average Bonchev–Trinajstić information content (AvgIpc) is 3.23. The van der Waals surface area contributed by atoms with Gasteiger partial charge in [-0.05, 0) is 49.5 Å². The lowest BCUT2D eigenvalue weighted by molar-refractivity contribution is -0.143. The molecule has 0 saturated carbocycles. The van der Waals surface area contributed by atoms with Crippen LogP contribution in [0.4, 0.5) is 0 Å². The predicted octanol–water partition coefficient (Wildman–Crippen LogP) is 1.20. The van der Waals surface area contributed by atoms with Crippen LogP contribution in [0.2, 0.25) is 0 Å². The number of carbonyl (C=O) groups is 4. The van der Waals surface area contributed by atoms with Gasteiger partial charge >= 0.3 is 5.97 Å². The first-order chi connectivity index (χ1) is 15.0. The van der Waals surface area contributed by atoms with Crippen molar-refractivity contribution >= 4 is 35.5 Å². The molecule has 5 N–H and O–H groups in total. The second-order valence-electron chi connectivity index (χ2n) is 8.97. The van der Waals surface area contributed by atoms with Crippen molar-refractivity contribution in [2.75, 3.05) is 18.6 Å². The molecule has 1 rings (SSSR count). The van der Waals surface area contributed by atoms with E-state index in [2.05, 4.69) is 10.6 Å². The molecule has 1 aliphatic rings. The van der Waals surface area contributed by atoms with Crippen molar-refractivity contribution in [2.24, 2.45) is 17.6 Å². The summed E-state index contributed by atoms with van der Waals surface area (Å²) in [5, 5.41) is 14.7. The summed E-state index contributed by atoms with van der Waals surface area (Å²) in [4.78, 5) is 51.8. The van der Waals surface area contributed by atoms with Crippen molar-refractivity contribution in [3.63, 3.8) is 0 Å². The van der Waals surface area contributed by atoms with E-state index in [4.69, 9.17) is 5.73 Å². The molecule has 1 heterocycles. The topological polar surface area (TPSA) is 142 Å². The van der Waals surface area contributed by atoms with E-state index in [0.717, 1.165) is 6.42 Å². The van der Waals surface area contributed by atoms with Crippen molar-refractivity contribution in [3.8, 4) is 0 Å². The van der Waals surface area contributed by atoms with Crippen LogP contribution in [0, 0.1) is 11.8 Å². The molecule has 0 aromatic heterocycles. The zero-order valence-corrected chi connectivity index (χ0v) is 20.7. The van der Waals surface area contributed by atoms with Crippen LogP contribution in [0.15, 0.2) is 0 Å². The third kappa shape index (κ3) is 8.27. The molecule has 0 bridgehead atoms.